The standard InChI is InChI=1S/C18H18N4O4S/c1-13-11-17(22(23)24)7-8-18(13)27(25,26)20-14(2)15-3-5-16(6-4-15)21-10-9-19-12-21/h3-12,14,20H,1-2H3. The van der Waals surface area contributed by atoms with Gasteiger partial charge in [-0.05, 0) is 43.2 Å². The van der Waals surface area contributed by atoms with Crippen LogP contribution in [0.15, 0.2) is 66.1 Å². The quantitative estimate of drug-likeness (QED) is 0.517. The topological polar surface area (TPSA) is 107 Å². The summed E-state index contributed by atoms with van der Waals surface area (Å²) >= 11 is 0. The number of sulfonamides is 1. The number of nitrogens with zero attached hydrogens (tertiary/aromatic N) is 3. The summed E-state index contributed by atoms with van der Waals surface area (Å²) in [5.74, 6) is 0. The van der Waals surface area contributed by atoms with Crippen molar-refractivity contribution >= 4 is 15.7 Å². The molecule has 1 atom stereocenters. The Balaban J connectivity index is 1.80. The smallest absolute Gasteiger partial charge is 0.269 e. The van der Waals surface area contributed by atoms with Crippen molar-refractivity contribution in [2.24, 2.45) is 0 Å². The fraction of sp³-hybridized carbons (Fsp3) is 0.167. The summed E-state index contributed by atoms with van der Waals surface area (Å²) in [4.78, 5) is 14.3. The molecule has 1 heterocycles. The summed E-state index contributed by atoms with van der Waals surface area (Å²) in [7, 11) is -3.82. The molecule has 0 bridgehead atoms. The van der Waals surface area contributed by atoms with Crippen LogP contribution in [0.1, 0.15) is 24.1 Å². The average Bonchev–Trinajstić information content (AvgIpc) is 3.15. The van der Waals surface area contributed by atoms with Gasteiger partial charge in [-0.1, -0.05) is 12.1 Å². The number of non-ortho nitro benzene ring substituents is 1. The van der Waals surface area contributed by atoms with Crippen molar-refractivity contribution in [1.29, 1.82) is 0 Å². The summed E-state index contributed by atoms with van der Waals surface area (Å²) in [6.07, 6.45) is 5.17. The minimum atomic E-state index is -3.82. The Morgan fingerprint density at radius 1 is 1.19 bits per heavy atom. The number of benzene rings is 2. The van der Waals surface area contributed by atoms with E-state index in [9.17, 15) is 18.5 Å². The van der Waals surface area contributed by atoms with Gasteiger partial charge in [-0.25, -0.2) is 18.1 Å². The second-order valence-electron chi connectivity index (χ2n) is 6.11. The van der Waals surface area contributed by atoms with Crippen molar-refractivity contribution in [2.45, 2.75) is 24.8 Å². The zero-order valence-corrected chi connectivity index (χ0v) is 15.6. The van der Waals surface area contributed by atoms with Gasteiger partial charge in [-0.15, -0.1) is 0 Å². The summed E-state index contributed by atoms with van der Waals surface area (Å²) in [5, 5.41) is 10.8. The lowest BCUT2D eigenvalue weighted by atomic mass is 10.1. The number of nitro benzene ring substituents is 1. The Morgan fingerprint density at radius 3 is 2.44 bits per heavy atom. The highest BCUT2D eigenvalue weighted by atomic mass is 32.2. The van der Waals surface area contributed by atoms with Gasteiger partial charge in [0.15, 0.2) is 0 Å². The highest BCUT2D eigenvalue weighted by molar-refractivity contribution is 7.89. The molecule has 0 saturated carbocycles. The number of aryl methyl sites for hydroxylation is 1. The first-order valence-corrected chi connectivity index (χ1v) is 9.62. The van der Waals surface area contributed by atoms with E-state index in [-0.39, 0.29) is 10.6 Å². The highest BCUT2D eigenvalue weighted by Crippen LogP contribution is 2.23. The van der Waals surface area contributed by atoms with Crippen LogP contribution < -0.4 is 4.72 Å². The molecule has 8 nitrogen and oxygen atoms in total. The van der Waals surface area contributed by atoms with Crippen LogP contribution in [0.5, 0.6) is 0 Å². The molecule has 1 unspecified atom stereocenters. The van der Waals surface area contributed by atoms with Gasteiger partial charge in [0.1, 0.15) is 0 Å². The van der Waals surface area contributed by atoms with E-state index in [1.165, 1.54) is 25.1 Å². The molecule has 9 heteroatoms. The predicted octanol–water partition coefficient (Wildman–Crippen LogP) is 3.13. The Morgan fingerprint density at radius 2 is 1.89 bits per heavy atom. The van der Waals surface area contributed by atoms with E-state index in [0.717, 1.165) is 11.3 Å². The molecule has 3 rings (SSSR count). The fourth-order valence-electron chi connectivity index (χ4n) is 2.76. The molecule has 0 saturated heterocycles. The van der Waals surface area contributed by atoms with Gasteiger partial charge in [0, 0.05) is 36.3 Å². The van der Waals surface area contributed by atoms with Crippen molar-refractivity contribution in [2.75, 3.05) is 0 Å². The van der Waals surface area contributed by atoms with Gasteiger partial charge < -0.3 is 4.57 Å². The molecular weight excluding hydrogens is 368 g/mol. The number of imidazole rings is 1. The maximum Gasteiger partial charge on any atom is 0.269 e. The lowest BCUT2D eigenvalue weighted by Gasteiger charge is -2.16. The molecule has 2 aromatic carbocycles. The number of nitro groups is 1. The zero-order chi connectivity index (χ0) is 19.6. The van der Waals surface area contributed by atoms with Crippen molar-refractivity contribution in [3.8, 4) is 5.69 Å². The summed E-state index contributed by atoms with van der Waals surface area (Å²) in [6, 6.07) is 10.6. The largest absolute Gasteiger partial charge is 0.306 e. The third-order valence-electron chi connectivity index (χ3n) is 4.19. The molecule has 140 valence electrons. The van der Waals surface area contributed by atoms with Gasteiger partial charge >= 0.3 is 0 Å². The maximum absolute atomic E-state index is 12.7. The number of nitrogens with one attached hydrogen (secondary N) is 1. The van der Waals surface area contributed by atoms with E-state index in [1.807, 2.05) is 35.0 Å². The van der Waals surface area contributed by atoms with Crippen LogP contribution >= 0.6 is 0 Å². The zero-order valence-electron chi connectivity index (χ0n) is 14.7. The Kier molecular flexibility index (Phi) is 5.06. The van der Waals surface area contributed by atoms with Crippen molar-refractivity contribution in [1.82, 2.24) is 14.3 Å². The summed E-state index contributed by atoms with van der Waals surface area (Å²) < 4.78 is 29.8. The van der Waals surface area contributed by atoms with Gasteiger partial charge in [0.2, 0.25) is 10.0 Å². The normalized spacial score (nSPS) is 12.7. The molecule has 0 fully saturated rings. The second-order valence-corrected chi connectivity index (χ2v) is 7.79. The van der Waals surface area contributed by atoms with Gasteiger partial charge in [0.05, 0.1) is 16.1 Å². The van der Waals surface area contributed by atoms with Crippen LogP contribution in [0.4, 0.5) is 5.69 Å². The molecule has 0 aliphatic heterocycles. The van der Waals surface area contributed by atoms with E-state index in [2.05, 4.69) is 9.71 Å². The van der Waals surface area contributed by atoms with Crippen molar-refractivity contribution < 1.29 is 13.3 Å². The van der Waals surface area contributed by atoms with Crippen LogP contribution in [-0.2, 0) is 10.0 Å². The van der Waals surface area contributed by atoms with E-state index in [4.69, 9.17) is 0 Å². The van der Waals surface area contributed by atoms with Gasteiger partial charge in [-0.2, -0.15) is 0 Å². The highest BCUT2D eigenvalue weighted by Gasteiger charge is 2.22. The SMILES string of the molecule is Cc1cc([N+](=O)[O-])ccc1S(=O)(=O)NC(C)c1ccc(-n2ccnc2)cc1. The van der Waals surface area contributed by atoms with E-state index in [0.29, 0.717) is 5.56 Å². The van der Waals surface area contributed by atoms with E-state index < -0.39 is 21.0 Å². The fourth-order valence-corrected chi connectivity index (χ4v) is 4.22. The third-order valence-corrected chi connectivity index (χ3v) is 5.89. The van der Waals surface area contributed by atoms with E-state index >= 15 is 0 Å². The van der Waals surface area contributed by atoms with Crippen LogP contribution in [0, 0.1) is 17.0 Å². The second kappa shape index (κ2) is 7.29. The van der Waals surface area contributed by atoms with Crippen LogP contribution in [0.2, 0.25) is 0 Å². The molecule has 0 spiro atoms. The first-order chi connectivity index (χ1) is 12.8. The number of rotatable bonds is 6. The Hall–Kier alpha value is -3.04. The summed E-state index contributed by atoms with van der Waals surface area (Å²) in [5.41, 5.74) is 1.88. The van der Waals surface area contributed by atoms with Crippen LogP contribution in [-0.4, -0.2) is 22.9 Å². The Bertz CT molecular complexity index is 1060. The molecule has 0 radical (unpaired) electrons. The number of hydrogen-bond donors (Lipinski definition) is 1. The maximum atomic E-state index is 12.7. The molecule has 1 N–H and O–H groups in total. The molecule has 3 aromatic rings. The molecule has 0 amide bonds. The monoisotopic (exact) mass is 386 g/mol. The lowest BCUT2D eigenvalue weighted by molar-refractivity contribution is -0.385. The summed E-state index contributed by atoms with van der Waals surface area (Å²) in [6.45, 7) is 3.27. The molecule has 27 heavy (non-hydrogen) atoms. The lowest BCUT2D eigenvalue weighted by Crippen LogP contribution is -2.27. The third kappa shape index (κ3) is 4.04. The molecule has 0 aliphatic carbocycles. The van der Waals surface area contributed by atoms with Gasteiger partial charge in [-0.3, -0.25) is 10.1 Å². The van der Waals surface area contributed by atoms with Crippen LogP contribution in [0.3, 0.4) is 0 Å². The Labute approximate surface area is 156 Å². The molecule has 0 aliphatic rings. The minimum Gasteiger partial charge on any atom is -0.306 e. The molecular formula is C18H18N4O4S. The van der Waals surface area contributed by atoms with Gasteiger partial charge in [0.25, 0.3) is 5.69 Å². The predicted molar refractivity (Wildman–Crippen MR) is 100 cm³/mol. The van der Waals surface area contributed by atoms with Crippen molar-refractivity contribution in [3.63, 3.8) is 0 Å². The number of hydrogen-bond acceptors (Lipinski definition) is 5. The molecule has 1 aromatic heterocycles. The minimum absolute atomic E-state index is 0.0231. The first-order valence-electron chi connectivity index (χ1n) is 8.13. The number of aromatic nitrogens is 2. The first kappa shape index (κ1) is 18.7. The van der Waals surface area contributed by atoms with Crippen molar-refractivity contribution in [3.05, 3.63) is 82.4 Å². The van der Waals surface area contributed by atoms with E-state index in [1.54, 1.807) is 19.4 Å². The van der Waals surface area contributed by atoms with Crippen LogP contribution in [0.25, 0.3) is 5.69 Å². The average molecular weight is 386 g/mol.